The van der Waals surface area contributed by atoms with Gasteiger partial charge in [-0.1, -0.05) is 6.07 Å². The van der Waals surface area contributed by atoms with Crippen molar-refractivity contribution in [2.45, 2.75) is 13.0 Å². The summed E-state index contributed by atoms with van der Waals surface area (Å²) in [6.45, 7) is 0.257. The number of aromatic nitrogens is 1. The van der Waals surface area contributed by atoms with Crippen molar-refractivity contribution in [1.29, 1.82) is 0 Å². The predicted molar refractivity (Wildman–Crippen MR) is 76.8 cm³/mol. The third-order valence-corrected chi connectivity index (χ3v) is 3.49. The average Bonchev–Trinajstić information content (AvgIpc) is 2.45. The second kappa shape index (κ2) is 4.57. The molecule has 0 saturated heterocycles. The fraction of sp³-hybridized carbons (Fsp3) is 0.214. The highest BCUT2D eigenvalue weighted by molar-refractivity contribution is 5.68. The molecule has 6 N–H and O–H groups in total. The van der Waals surface area contributed by atoms with E-state index in [0.29, 0.717) is 35.1 Å². The van der Waals surface area contributed by atoms with Gasteiger partial charge in [0.05, 0.1) is 7.11 Å². The summed E-state index contributed by atoms with van der Waals surface area (Å²) in [4.78, 5) is 4.25. The molecule has 1 aliphatic rings. The molecule has 0 aliphatic carbocycles. The molecule has 2 aromatic rings. The third-order valence-electron chi connectivity index (χ3n) is 3.49. The van der Waals surface area contributed by atoms with Gasteiger partial charge in [-0.3, -0.25) is 0 Å². The molecule has 0 saturated carbocycles. The van der Waals surface area contributed by atoms with E-state index in [1.54, 1.807) is 7.11 Å². The SMILES string of the molecule is COc1ccc2c(c1)Oc1nc(N)c(CN)c(N)c1C2. The number of anilines is 2. The lowest BCUT2D eigenvalue weighted by Crippen LogP contribution is -2.14. The second-order valence-electron chi connectivity index (χ2n) is 4.63. The molecule has 1 aliphatic heterocycles. The van der Waals surface area contributed by atoms with E-state index in [-0.39, 0.29) is 6.54 Å². The number of hydrogen-bond donors (Lipinski definition) is 3. The van der Waals surface area contributed by atoms with E-state index in [4.69, 9.17) is 26.7 Å². The Morgan fingerprint density at radius 3 is 2.85 bits per heavy atom. The van der Waals surface area contributed by atoms with Crippen LogP contribution >= 0.6 is 0 Å². The highest BCUT2D eigenvalue weighted by atomic mass is 16.5. The van der Waals surface area contributed by atoms with E-state index >= 15 is 0 Å². The first-order valence-corrected chi connectivity index (χ1v) is 6.25. The smallest absolute Gasteiger partial charge is 0.226 e. The molecule has 6 nitrogen and oxygen atoms in total. The maximum atomic E-state index is 6.12. The topological polar surface area (TPSA) is 109 Å². The summed E-state index contributed by atoms with van der Waals surface area (Å²) in [6, 6.07) is 5.66. The quantitative estimate of drug-likeness (QED) is 0.650. The van der Waals surface area contributed by atoms with Crippen molar-refractivity contribution >= 4 is 11.5 Å². The van der Waals surface area contributed by atoms with Gasteiger partial charge in [0.1, 0.15) is 17.3 Å². The maximum Gasteiger partial charge on any atom is 0.226 e. The van der Waals surface area contributed by atoms with Crippen LogP contribution in [0.2, 0.25) is 0 Å². The normalized spacial score (nSPS) is 12.3. The first-order valence-electron chi connectivity index (χ1n) is 6.25. The Bertz CT molecular complexity index is 685. The molecule has 0 bridgehead atoms. The van der Waals surface area contributed by atoms with Crippen LogP contribution in [-0.2, 0) is 13.0 Å². The molecule has 1 aromatic carbocycles. The number of methoxy groups -OCH3 is 1. The van der Waals surface area contributed by atoms with Gasteiger partial charge in [-0.05, 0) is 11.6 Å². The van der Waals surface area contributed by atoms with E-state index in [0.717, 1.165) is 16.9 Å². The Morgan fingerprint density at radius 2 is 2.15 bits per heavy atom. The minimum Gasteiger partial charge on any atom is -0.497 e. The molecular weight excluding hydrogens is 256 g/mol. The van der Waals surface area contributed by atoms with Crippen LogP contribution in [0.25, 0.3) is 0 Å². The van der Waals surface area contributed by atoms with Gasteiger partial charge in [0.2, 0.25) is 5.88 Å². The molecule has 0 amide bonds. The van der Waals surface area contributed by atoms with Crippen molar-refractivity contribution < 1.29 is 9.47 Å². The summed E-state index contributed by atoms with van der Waals surface area (Å²) in [6.07, 6.45) is 0.640. The number of hydrogen-bond acceptors (Lipinski definition) is 6. The van der Waals surface area contributed by atoms with Crippen molar-refractivity contribution in [3.8, 4) is 17.4 Å². The minimum absolute atomic E-state index is 0.257. The molecule has 20 heavy (non-hydrogen) atoms. The van der Waals surface area contributed by atoms with Crippen LogP contribution < -0.4 is 26.7 Å². The number of benzene rings is 1. The number of nitrogen functional groups attached to an aromatic ring is 2. The molecule has 0 spiro atoms. The summed E-state index contributed by atoms with van der Waals surface area (Å²) in [5.41, 5.74) is 20.7. The Kier molecular flexibility index (Phi) is 2.87. The molecule has 104 valence electrons. The van der Waals surface area contributed by atoms with Crippen LogP contribution in [0, 0.1) is 0 Å². The minimum atomic E-state index is 0.257. The van der Waals surface area contributed by atoms with E-state index in [1.807, 2.05) is 18.2 Å². The van der Waals surface area contributed by atoms with Crippen LogP contribution in [0.5, 0.6) is 17.4 Å². The van der Waals surface area contributed by atoms with Gasteiger partial charge in [-0.25, -0.2) is 0 Å². The Labute approximate surface area is 116 Å². The highest BCUT2D eigenvalue weighted by Gasteiger charge is 2.24. The van der Waals surface area contributed by atoms with Crippen LogP contribution in [-0.4, -0.2) is 12.1 Å². The number of nitrogens with zero attached hydrogens (tertiary/aromatic N) is 1. The summed E-state index contributed by atoms with van der Waals surface area (Å²) in [7, 11) is 1.61. The van der Waals surface area contributed by atoms with Gasteiger partial charge in [-0.2, -0.15) is 4.98 Å². The standard InChI is InChI=1S/C14H16N4O2/c1-19-8-3-2-7-4-9-12(16)10(6-15)13(17)18-14(9)20-11(7)5-8/h2-3,5H,4,6,15H2,1H3,(H4,16,17,18). The molecule has 0 radical (unpaired) electrons. The zero-order valence-corrected chi connectivity index (χ0v) is 11.1. The molecule has 3 rings (SSSR count). The molecule has 0 fully saturated rings. The van der Waals surface area contributed by atoms with Crippen LogP contribution in [0.15, 0.2) is 18.2 Å². The van der Waals surface area contributed by atoms with E-state index in [9.17, 15) is 0 Å². The molecule has 0 unspecified atom stereocenters. The summed E-state index contributed by atoms with van der Waals surface area (Å²) >= 11 is 0. The Morgan fingerprint density at radius 1 is 1.35 bits per heavy atom. The van der Waals surface area contributed by atoms with Crippen molar-refractivity contribution in [2.75, 3.05) is 18.6 Å². The second-order valence-corrected chi connectivity index (χ2v) is 4.63. The molecule has 1 aromatic heterocycles. The van der Waals surface area contributed by atoms with Gasteiger partial charge < -0.3 is 26.7 Å². The molecule has 2 heterocycles. The van der Waals surface area contributed by atoms with Crippen molar-refractivity contribution in [3.05, 3.63) is 34.9 Å². The lowest BCUT2D eigenvalue weighted by Gasteiger charge is -2.23. The monoisotopic (exact) mass is 272 g/mol. The largest absolute Gasteiger partial charge is 0.497 e. The summed E-state index contributed by atoms with van der Waals surface area (Å²) < 4.78 is 11.0. The van der Waals surface area contributed by atoms with Crippen LogP contribution in [0.4, 0.5) is 11.5 Å². The van der Waals surface area contributed by atoms with E-state index in [2.05, 4.69) is 4.98 Å². The highest BCUT2D eigenvalue weighted by Crippen LogP contribution is 2.41. The Balaban J connectivity index is 2.10. The number of ether oxygens (including phenoxy) is 2. The van der Waals surface area contributed by atoms with E-state index < -0.39 is 0 Å². The zero-order chi connectivity index (χ0) is 14.3. The summed E-state index contributed by atoms with van der Waals surface area (Å²) in [5.74, 6) is 2.20. The maximum absolute atomic E-state index is 6.12. The van der Waals surface area contributed by atoms with Crippen molar-refractivity contribution in [3.63, 3.8) is 0 Å². The average molecular weight is 272 g/mol. The van der Waals surface area contributed by atoms with Gasteiger partial charge >= 0.3 is 0 Å². The number of pyridine rings is 1. The first-order chi connectivity index (χ1) is 9.63. The zero-order valence-electron chi connectivity index (χ0n) is 11.1. The van der Waals surface area contributed by atoms with Gasteiger partial charge in [0.15, 0.2) is 0 Å². The Hall–Kier alpha value is -2.47. The lowest BCUT2D eigenvalue weighted by molar-refractivity contribution is 0.403. The summed E-state index contributed by atoms with van der Waals surface area (Å²) in [5, 5.41) is 0. The van der Waals surface area contributed by atoms with Crippen molar-refractivity contribution in [2.24, 2.45) is 5.73 Å². The first kappa shape index (κ1) is 12.6. The molecule has 0 atom stereocenters. The fourth-order valence-electron chi connectivity index (χ4n) is 2.35. The van der Waals surface area contributed by atoms with Crippen molar-refractivity contribution in [1.82, 2.24) is 4.98 Å². The number of nitrogens with two attached hydrogens (primary N) is 3. The van der Waals surface area contributed by atoms with Crippen LogP contribution in [0.3, 0.4) is 0 Å². The van der Waals surface area contributed by atoms with E-state index in [1.165, 1.54) is 0 Å². The third kappa shape index (κ3) is 1.81. The molecule has 6 heteroatoms. The van der Waals surface area contributed by atoms with Gasteiger partial charge in [0.25, 0.3) is 0 Å². The number of fused-ring (bicyclic) bond motifs is 2. The van der Waals surface area contributed by atoms with Crippen LogP contribution in [0.1, 0.15) is 16.7 Å². The fourth-order valence-corrected chi connectivity index (χ4v) is 2.35. The van der Waals surface area contributed by atoms with Gasteiger partial charge in [-0.15, -0.1) is 0 Å². The molecular formula is C14H16N4O2. The lowest BCUT2D eigenvalue weighted by atomic mass is 9.99. The predicted octanol–water partition coefficient (Wildman–Crippen LogP) is 1.41. The van der Waals surface area contributed by atoms with Gasteiger partial charge in [0, 0.05) is 35.8 Å². The number of rotatable bonds is 2.